The summed E-state index contributed by atoms with van der Waals surface area (Å²) in [7, 11) is 0. The summed E-state index contributed by atoms with van der Waals surface area (Å²) in [4.78, 5) is 29.2. The molecule has 3 heterocycles. The van der Waals surface area contributed by atoms with Crippen LogP contribution in [0.2, 0.25) is 5.02 Å². The van der Waals surface area contributed by atoms with E-state index in [-0.39, 0.29) is 23.6 Å². The summed E-state index contributed by atoms with van der Waals surface area (Å²) in [6.07, 6.45) is 4.03. The summed E-state index contributed by atoms with van der Waals surface area (Å²) >= 11 is 6.42. The lowest BCUT2D eigenvalue weighted by atomic mass is 9.90. The number of fused-ring (bicyclic) bond motifs is 1. The molecule has 1 aromatic carbocycles. The third kappa shape index (κ3) is 4.98. The van der Waals surface area contributed by atoms with Gasteiger partial charge in [0.2, 0.25) is 0 Å². The number of alkyl halides is 2. The van der Waals surface area contributed by atoms with E-state index in [2.05, 4.69) is 5.10 Å². The van der Waals surface area contributed by atoms with E-state index in [9.17, 15) is 18.4 Å². The van der Waals surface area contributed by atoms with Gasteiger partial charge in [0.25, 0.3) is 5.91 Å². The fourth-order valence-electron chi connectivity index (χ4n) is 4.50. The first kappa shape index (κ1) is 23.5. The Hall–Kier alpha value is -2.68. The molecule has 0 bridgehead atoms. The van der Waals surface area contributed by atoms with Crippen molar-refractivity contribution in [2.24, 2.45) is 0 Å². The summed E-state index contributed by atoms with van der Waals surface area (Å²) in [5.41, 5.74) is 2.39. The van der Waals surface area contributed by atoms with Crippen molar-refractivity contribution in [3.63, 3.8) is 0 Å². The van der Waals surface area contributed by atoms with Gasteiger partial charge in [-0.25, -0.2) is 9.48 Å². The molecule has 2 aliphatic rings. The number of rotatable bonds is 3. The summed E-state index contributed by atoms with van der Waals surface area (Å²) in [5, 5.41) is 4.15. The molecule has 1 fully saturated rings. The number of ether oxygens (including phenoxy) is 1. The van der Waals surface area contributed by atoms with Crippen LogP contribution in [0.1, 0.15) is 73.3 Å². The number of nitrogens with zero attached hydrogens (tertiary/aromatic N) is 4. The van der Waals surface area contributed by atoms with Gasteiger partial charge in [0.05, 0.1) is 17.8 Å². The smallest absolute Gasteiger partial charge is 0.410 e. The van der Waals surface area contributed by atoms with E-state index in [0.29, 0.717) is 35.8 Å². The third-order valence-corrected chi connectivity index (χ3v) is 6.14. The Bertz CT molecular complexity index is 1070. The van der Waals surface area contributed by atoms with Crippen molar-refractivity contribution in [2.45, 2.75) is 64.8 Å². The van der Waals surface area contributed by atoms with Crippen LogP contribution in [0.3, 0.4) is 0 Å². The maximum atomic E-state index is 13.0. The van der Waals surface area contributed by atoms with Gasteiger partial charge in [-0.3, -0.25) is 4.79 Å². The van der Waals surface area contributed by atoms with Crippen LogP contribution in [0.25, 0.3) is 0 Å². The Kier molecular flexibility index (Phi) is 6.35. The van der Waals surface area contributed by atoms with Crippen molar-refractivity contribution in [1.82, 2.24) is 19.6 Å². The molecule has 0 spiro atoms. The van der Waals surface area contributed by atoms with E-state index < -0.39 is 12.2 Å². The van der Waals surface area contributed by atoms with Crippen LogP contribution in [0.4, 0.5) is 13.6 Å². The minimum atomic E-state index is -2.80. The number of aromatic nitrogens is 2. The van der Waals surface area contributed by atoms with E-state index in [1.807, 2.05) is 32.9 Å². The second-order valence-corrected chi connectivity index (χ2v) is 9.86. The second-order valence-electron chi connectivity index (χ2n) is 9.43. The summed E-state index contributed by atoms with van der Waals surface area (Å²) < 4.78 is 31.8. The molecule has 0 radical (unpaired) electrons. The monoisotopic (exact) mass is 480 g/mol. The van der Waals surface area contributed by atoms with Crippen LogP contribution in [-0.4, -0.2) is 50.3 Å². The molecule has 0 saturated carbocycles. The Balaban J connectivity index is 1.61. The molecule has 0 unspecified atom stereocenters. The molecule has 7 nitrogen and oxygen atoms in total. The summed E-state index contributed by atoms with van der Waals surface area (Å²) in [6, 6.07) is 3.55. The van der Waals surface area contributed by atoms with Crippen molar-refractivity contribution in [3.8, 4) is 0 Å². The third-order valence-electron chi connectivity index (χ3n) is 5.92. The number of likely N-dealkylation sites (tertiary alicyclic amines) is 1. The van der Waals surface area contributed by atoms with Crippen molar-refractivity contribution in [3.05, 3.63) is 51.8 Å². The van der Waals surface area contributed by atoms with Crippen molar-refractivity contribution < 1.29 is 23.1 Å². The molecule has 10 heteroatoms. The predicted octanol–water partition coefficient (Wildman–Crippen LogP) is 5.20. The minimum Gasteiger partial charge on any atom is -0.444 e. The lowest BCUT2D eigenvalue weighted by Gasteiger charge is -2.34. The first-order chi connectivity index (χ1) is 15.5. The lowest BCUT2D eigenvalue weighted by molar-refractivity contribution is 0.0222. The standard InChI is InChI=1S/C23H27ClF2N4O3/c1-23(2,3)33-22(32)29-7-4-5-19(29)17-10-16(24)9-14-6-8-28(13-18(14)17)20(31)15-11-27-30(12-15)21(25)26/h9-12,19,21H,4-8,13H2,1-3H3/t19-/m0/s1. The van der Waals surface area contributed by atoms with E-state index in [1.54, 1.807) is 9.80 Å². The molecule has 33 heavy (non-hydrogen) atoms. The minimum absolute atomic E-state index is 0.116. The zero-order valence-corrected chi connectivity index (χ0v) is 19.6. The number of carbonyl (C=O) groups excluding carboxylic acids is 2. The Morgan fingerprint density at radius 2 is 2.00 bits per heavy atom. The fourth-order valence-corrected chi connectivity index (χ4v) is 4.74. The first-order valence-electron chi connectivity index (χ1n) is 11.0. The highest BCUT2D eigenvalue weighted by atomic mass is 35.5. The van der Waals surface area contributed by atoms with Crippen LogP contribution in [-0.2, 0) is 17.7 Å². The topological polar surface area (TPSA) is 67.7 Å². The van der Waals surface area contributed by atoms with Gasteiger partial charge in [-0.2, -0.15) is 13.9 Å². The van der Waals surface area contributed by atoms with Crippen LogP contribution in [0.15, 0.2) is 24.5 Å². The number of benzene rings is 1. The van der Waals surface area contributed by atoms with Gasteiger partial charge in [0, 0.05) is 30.9 Å². The van der Waals surface area contributed by atoms with Crippen LogP contribution in [0, 0.1) is 0 Å². The van der Waals surface area contributed by atoms with E-state index in [0.717, 1.165) is 41.9 Å². The number of amides is 2. The maximum Gasteiger partial charge on any atom is 0.410 e. The van der Waals surface area contributed by atoms with Crippen LogP contribution < -0.4 is 0 Å². The van der Waals surface area contributed by atoms with Gasteiger partial charge >= 0.3 is 12.6 Å². The van der Waals surface area contributed by atoms with Crippen molar-refractivity contribution in [2.75, 3.05) is 13.1 Å². The molecular weight excluding hydrogens is 454 g/mol. The molecule has 1 saturated heterocycles. The Morgan fingerprint density at radius 3 is 2.67 bits per heavy atom. The molecule has 2 aromatic rings. The first-order valence-corrected chi connectivity index (χ1v) is 11.3. The highest BCUT2D eigenvalue weighted by Gasteiger charge is 2.36. The zero-order chi connectivity index (χ0) is 23.9. The van der Waals surface area contributed by atoms with Gasteiger partial charge in [-0.1, -0.05) is 11.6 Å². The highest BCUT2D eigenvalue weighted by Crippen LogP contribution is 2.39. The number of halogens is 3. The molecule has 2 aliphatic heterocycles. The zero-order valence-electron chi connectivity index (χ0n) is 18.9. The quantitative estimate of drug-likeness (QED) is 0.605. The van der Waals surface area contributed by atoms with Gasteiger partial charge in [0.15, 0.2) is 0 Å². The fraction of sp³-hybridized carbons (Fsp3) is 0.522. The number of carbonyl (C=O) groups is 2. The molecule has 1 aromatic heterocycles. The molecule has 2 amide bonds. The van der Waals surface area contributed by atoms with Gasteiger partial charge < -0.3 is 14.5 Å². The van der Waals surface area contributed by atoms with Gasteiger partial charge in [-0.15, -0.1) is 0 Å². The molecule has 178 valence electrons. The van der Waals surface area contributed by atoms with E-state index in [1.165, 1.54) is 0 Å². The summed E-state index contributed by atoms with van der Waals surface area (Å²) in [6.45, 7) is 4.01. The average molecular weight is 481 g/mol. The van der Waals surface area contributed by atoms with Crippen molar-refractivity contribution >= 4 is 23.6 Å². The molecule has 1 atom stereocenters. The molecule has 0 N–H and O–H groups in total. The van der Waals surface area contributed by atoms with Crippen LogP contribution >= 0.6 is 11.6 Å². The molecular formula is C23H27ClF2N4O3. The predicted molar refractivity (Wildman–Crippen MR) is 118 cm³/mol. The normalized spacial score (nSPS) is 18.6. The molecule has 4 rings (SSSR count). The largest absolute Gasteiger partial charge is 0.444 e. The SMILES string of the molecule is CC(C)(C)OC(=O)N1CCC[C@H]1c1cc(Cl)cc2c1CN(C(=O)c1cnn(C(F)F)c1)CC2. The maximum absolute atomic E-state index is 13.0. The summed E-state index contributed by atoms with van der Waals surface area (Å²) in [5.74, 6) is -0.358. The van der Waals surface area contributed by atoms with Crippen molar-refractivity contribution in [1.29, 1.82) is 0 Å². The number of hydrogen-bond acceptors (Lipinski definition) is 4. The average Bonchev–Trinajstić information content (AvgIpc) is 3.41. The van der Waals surface area contributed by atoms with Gasteiger partial charge in [0.1, 0.15) is 5.60 Å². The Labute approximate surface area is 196 Å². The second kappa shape index (κ2) is 8.93. The van der Waals surface area contributed by atoms with E-state index >= 15 is 0 Å². The number of hydrogen-bond donors (Lipinski definition) is 0. The van der Waals surface area contributed by atoms with Gasteiger partial charge in [-0.05, 0) is 68.9 Å². The lowest BCUT2D eigenvalue weighted by Crippen LogP contribution is -2.39. The highest BCUT2D eigenvalue weighted by molar-refractivity contribution is 6.30. The van der Waals surface area contributed by atoms with Crippen LogP contribution in [0.5, 0.6) is 0 Å². The molecule has 0 aliphatic carbocycles. The van der Waals surface area contributed by atoms with E-state index in [4.69, 9.17) is 16.3 Å². The Morgan fingerprint density at radius 1 is 1.24 bits per heavy atom.